The second kappa shape index (κ2) is 9.30. The minimum absolute atomic E-state index is 0.0846. The molecule has 0 atom stereocenters. The van der Waals surface area contributed by atoms with Crippen LogP contribution >= 0.6 is 11.3 Å². The van der Waals surface area contributed by atoms with Crippen LogP contribution in [-0.2, 0) is 27.3 Å². The van der Waals surface area contributed by atoms with Gasteiger partial charge in [-0.3, -0.25) is 14.5 Å². The molecule has 2 aliphatic heterocycles. The van der Waals surface area contributed by atoms with E-state index >= 15 is 0 Å². The van der Waals surface area contributed by atoms with E-state index in [0.717, 1.165) is 42.8 Å². The zero-order chi connectivity index (χ0) is 21.1. The highest BCUT2D eigenvalue weighted by Gasteiger charge is 2.29. The number of thiazole rings is 1. The third-order valence-electron chi connectivity index (χ3n) is 6.03. The molecule has 0 bridgehead atoms. The molecule has 3 aliphatic rings. The maximum Gasteiger partial charge on any atom is 0.409 e. The normalized spacial score (nSPS) is 19.8. The molecule has 1 saturated carbocycles. The van der Waals surface area contributed by atoms with E-state index in [0.29, 0.717) is 51.0 Å². The molecule has 3 heterocycles. The van der Waals surface area contributed by atoms with Gasteiger partial charge >= 0.3 is 6.09 Å². The third kappa shape index (κ3) is 4.75. The van der Waals surface area contributed by atoms with Crippen molar-refractivity contribution in [2.45, 2.75) is 39.2 Å². The molecule has 30 heavy (non-hydrogen) atoms. The summed E-state index contributed by atoms with van der Waals surface area (Å²) >= 11 is 1.52. The number of piperazine rings is 1. The van der Waals surface area contributed by atoms with Gasteiger partial charge in [0.25, 0.3) is 0 Å². The van der Waals surface area contributed by atoms with Crippen molar-refractivity contribution in [1.82, 2.24) is 19.7 Å². The van der Waals surface area contributed by atoms with Gasteiger partial charge in [0, 0.05) is 56.5 Å². The fourth-order valence-electron chi connectivity index (χ4n) is 3.96. The highest BCUT2D eigenvalue weighted by Crippen LogP contribution is 2.31. The Hall–Kier alpha value is -2.20. The maximum absolute atomic E-state index is 12.7. The van der Waals surface area contributed by atoms with Crippen LogP contribution in [0.15, 0.2) is 0 Å². The van der Waals surface area contributed by atoms with E-state index in [9.17, 15) is 14.4 Å². The Morgan fingerprint density at radius 1 is 1.13 bits per heavy atom. The highest BCUT2D eigenvalue weighted by molar-refractivity contribution is 7.15. The van der Waals surface area contributed by atoms with Crippen LogP contribution in [0.4, 0.5) is 9.93 Å². The molecule has 3 amide bonds. The number of hydrogen-bond acceptors (Lipinski definition) is 7. The van der Waals surface area contributed by atoms with Crippen LogP contribution in [0.5, 0.6) is 0 Å². The summed E-state index contributed by atoms with van der Waals surface area (Å²) in [6.07, 6.45) is 3.56. The number of nitrogens with one attached hydrogen (secondary N) is 1. The second-order valence-corrected chi connectivity index (χ2v) is 9.12. The molecule has 1 saturated heterocycles. The Morgan fingerprint density at radius 3 is 2.53 bits per heavy atom. The first-order valence-electron chi connectivity index (χ1n) is 10.7. The molecule has 1 aromatic rings. The lowest BCUT2D eigenvalue weighted by Gasteiger charge is -2.35. The minimum Gasteiger partial charge on any atom is -0.450 e. The van der Waals surface area contributed by atoms with Gasteiger partial charge < -0.3 is 19.9 Å². The van der Waals surface area contributed by atoms with Gasteiger partial charge in [-0.1, -0.05) is 6.42 Å². The number of fused-ring (bicyclic) bond motifs is 1. The molecule has 9 nitrogen and oxygen atoms in total. The van der Waals surface area contributed by atoms with Crippen LogP contribution in [0.2, 0.25) is 0 Å². The fourth-order valence-corrected chi connectivity index (χ4v) is 5.01. The van der Waals surface area contributed by atoms with Crippen LogP contribution in [0.25, 0.3) is 0 Å². The molecular weight excluding hydrogens is 406 g/mol. The Balaban J connectivity index is 1.25. The van der Waals surface area contributed by atoms with Gasteiger partial charge in [-0.15, -0.1) is 11.3 Å². The van der Waals surface area contributed by atoms with Crippen LogP contribution in [0.3, 0.4) is 0 Å². The van der Waals surface area contributed by atoms with Gasteiger partial charge in [0.05, 0.1) is 18.8 Å². The summed E-state index contributed by atoms with van der Waals surface area (Å²) in [4.78, 5) is 48.0. The van der Waals surface area contributed by atoms with Crippen molar-refractivity contribution in [2.24, 2.45) is 5.92 Å². The summed E-state index contributed by atoms with van der Waals surface area (Å²) in [6, 6.07) is 0. The first kappa shape index (κ1) is 21.0. The van der Waals surface area contributed by atoms with E-state index in [1.54, 1.807) is 11.8 Å². The number of carbonyl (C=O) groups excluding carboxylic acids is 3. The molecule has 0 aromatic carbocycles. The van der Waals surface area contributed by atoms with E-state index in [1.165, 1.54) is 11.3 Å². The number of nitrogens with zero attached hydrogens (tertiary/aromatic N) is 4. The number of rotatable bonds is 5. The maximum atomic E-state index is 12.7. The Labute approximate surface area is 180 Å². The van der Waals surface area contributed by atoms with Crippen molar-refractivity contribution >= 4 is 34.4 Å². The topological polar surface area (TPSA) is 95.1 Å². The van der Waals surface area contributed by atoms with Gasteiger partial charge in [0.1, 0.15) is 0 Å². The van der Waals surface area contributed by atoms with Gasteiger partial charge in [-0.2, -0.15) is 0 Å². The van der Waals surface area contributed by atoms with Gasteiger partial charge in [0.2, 0.25) is 11.8 Å². The molecule has 164 valence electrons. The molecular formula is C20H29N5O4S. The van der Waals surface area contributed by atoms with E-state index in [1.807, 2.05) is 4.90 Å². The lowest BCUT2D eigenvalue weighted by Crippen LogP contribution is -2.53. The predicted molar refractivity (Wildman–Crippen MR) is 112 cm³/mol. The van der Waals surface area contributed by atoms with Crippen LogP contribution in [0.1, 0.15) is 36.8 Å². The van der Waals surface area contributed by atoms with Gasteiger partial charge in [0.15, 0.2) is 5.13 Å². The van der Waals surface area contributed by atoms with Crippen LogP contribution in [0, 0.1) is 5.92 Å². The van der Waals surface area contributed by atoms with Crippen molar-refractivity contribution in [3.8, 4) is 0 Å². The van der Waals surface area contributed by atoms with E-state index in [2.05, 4.69) is 15.2 Å². The first-order chi connectivity index (χ1) is 14.5. The predicted octanol–water partition coefficient (Wildman–Crippen LogP) is 1.54. The van der Waals surface area contributed by atoms with E-state index < -0.39 is 0 Å². The van der Waals surface area contributed by atoms with Crippen molar-refractivity contribution in [3.05, 3.63) is 10.6 Å². The molecule has 0 radical (unpaired) electrons. The standard InChI is InChI=1S/C20H29N5O4S/c1-2-29-20(28)25-10-8-24(9-11-25)17(26)13-23-7-6-15-16(12-23)30-19(21-15)22-18(27)14-4-3-5-14/h14H,2-13H2,1H3,(H,21,22,27). The molecule has 1 aliphatic carbocycles. The zero-order valence-electron chi connectivity index (χ0n) is 17.4. The average molecular weight is 436 g/mol. The van der Waals surface area contributed by atoms with E-state index in [-0.39, 0.29) is 23.8 Å². The summed E-state index contributed by atoms with van der Waals surface area (Å²) in [5, 5.41) is 3.64. The smallest absolute Gasteiger partial charge is 0.409 e. The lowest BCUT2D eigenvalue weighted by molar-refractivity contribution is -0.134. The van der Waals surface area contributed by atoms with Crippen molar-refractivity contribution in [3.63, 3.8) is 0 Å². The Kier molecular flexibility index (Phi) is 6.52. The Bertz CT molecular complexity index is 801. The first-order valence-corrected chi connectivity index (χ1v) is 11.6. The number of carbonyl (C=O) groups is 3. The van der Waals surface area contributed by atoms with E-state index in [4.69, 9.17) is 4.74 Å². The molecule has 4 rings (SSSR count). The molecule has 1 N–H and O–H groups in total. The Morgan fingerprint density at radius 2 is 1.87 bits per heavy atom. The fraction of sp³-hybridized carbons (Fsp3) is 0.700. The quantitative estimate of drug-likeness (QED) is 0.754. The number of aromatic nitrogens is 1. The van der Waals surface area contributed by atoms with Gasteiger partial charge in [-0.05, 0) is 19.8 Å². The third-order valence-corrected chi connectivity index (χ3v) is 7.03. The largest absolute Gasteiger partial charge is 0.450 e. The lowest BCUT2D eigenvalue weighted by atomic mass is 9.85. The van der Waals surface area contributed by atoms with Crippen LogP contribution in [-0.4, -0.2) is 83.5 Å². The molecule has 0 unspecified atom stereocenters. The number of amides is 3. The number of ether oxygens (including phenoxy) is 1. The zero-order valence-corrected chi connectivity index (χ0v) is 18.2. The minimum atomic E-state index is -0.307. The highest BCUT2D eigenvalue weighted by atomic mass is 32.1. The van der Waals surface area contributed by atoms with Gasteiger partial charge in [-0.25, -0.2) is 9.78 Å². The number of hydrogen-bond donors (Lipinski definition) is 1. The van der Waals surface area contributed by atoms with Crippen molar-refractivity contribution in [1.29, 1.82) is 0 Å². The summed E-state index contributed by atoms with van der Waals surface area (Å²) in [5.74, 6) is 0.315. The average Bonchev–Trinajstić information content (AvgIpc) is 3.08. The summed E-state index contributed by atoms with van der Waals surface area (Å²) < 4.78 is 5.02. The SMILES string of the molecule is CCOC(=O)N1CCN(C(=O)CN2CCc3nc(NC(=O)C4CCC4)sc3C2)CC1. The number of anilines is 1. The van der Waals surface area contributed by atoms with Crippen molar-refractivity contribution < 1.29 is 19.1 Å². The molecule has 0 spiro atoms. The molecule has 10 heteroatoms. The second-order valence-electron chi connectivity index (χ2n) is 8.03. The summed E-state index contributed by atoms with van der Waals surface area (Å²) in [6.45, 7) is 6.06. The monoisotopic (exact) mass is 435 g/mol. The molecule has 2 fully saturated rings. The summed E-state index contributed by atoms with van der Waals surface area (Å²) in [5.41, 5.74) is 1.04. The summed E-state index contributed by atoms with van der Waals surface area (Å²) in [7, 11) is 0. The van der Waals surface area contributed by atoms with Crippen LogP contribution < -0.4 is 5.32 Å². The van der Waals surface area contributed by atoms with Crippen molar-refractivity contribution in [2.75, 3.05) is 51.2 Å². The molecule has 1 aromatic heterocycles.